The number of nitrogens with one attached hydrogen (secondary N) is 4. The number of benzene rings is 1. The number of carbonyl (C=O) groups is 3. The number of anilines is 3. The molecule has 37 heavy (non-hydrogen) atoms. The van der Waals surface area contributed by atoms with E-state index < -0.39 is 18.0 Å². The highest BCUT2D eigenvalue weighted by molar-refractivity contribution is 6.02. The quantitative estimate of drug-likeness (QED) is 0.431. The summed E-state index contributed by atoms with van der Waals surface area (Å²) < 4.78 is 5.57. The number of amides is 4. The predicted molar refractivity (Wildman–Crippen MR) is 138 cm³/mol. The number of morpholine rings is 1. The number of hydrogen-bond acceptors (Lipinski definition) is 7. The average molecular weight is 506 g/mol. The van der Waals surface area contributed by atoms with Crippen molar-refractivity contribution in [2.75, 3.05) is 42.2 Å². The summed E-state index contributed by atoms with van der Waals surface area (Å²) in [6.07, 6.45) is 2.75. The normalized spacial score (nSPS) is 17.0. The van der Waals surface area contributed by atoms with Crippen LogP contribution < -0.4 is 21.3 Å². The van der Waals surface area contributed by atoms with Gasteiger partial charge in [0.25, 0.3) is 11.8 Å². The van der Waals surface area contributed by atoms with Gasteiger partial charge in [0.2, 0.25) is 0 Å². The zero-order valence-electron chi connectivity index (χ0n) is 20.9. The number of rotatable bonds is 8. The Morgan fingerprint density at radius 3 is 2.68 bits per heavy atom. The van der Waals surface area contributed by atoms with Gasteiger partial charge < -0.3 is 30.9 Å². The maximum absolute atomic E-state index is 13.0. The van der Waals surface area contributed by atoms with Crippen LogP contribution in [-0.2, 0) is 9.53 Å². The molecule has 1 aromatic carbocycles. The molecule has 1 aromatic heterocycles. The van der Waals surface area contributed by atoms with E-state index in [1.807, 2.05) is 19.9 Å². The molecule has 1 unspecified atom stereocenters. The third kappa shape index (κ3) is 7.17. The summed E-state index contributed by atoms with van der Waals surface area (Å²) >= 11 is 0. The highest BCUT2D eigenvalue weighted by Crippen LogP contribution is 2.28. The number of nitriles is 1. The van der Waals surface area contributed by atoms with E-state index in [4.69, 9.17) is 10.00 Å². The van der Waals surface area contributed by atoms with Crippen LogP contribution in [-0.4, -0.2) is 66.1 Å². The number of nitrogens with zero attached hydrogens (tertiary/aromatic N) is 3. The van der Waals surface area contributed by atoms with E-state index in [9.17, 15) is 14.4 Å². The maximum Gasteiger partial charge on any atom is 0.322 e. The molecule has 11 heteroatoms. The van der Waals surface area contributed by atoms with Crippen LogP contribution in [0, 0.1) is 17.2 Å². The smallest absolute Gasteiger partial charge is 0.322 e. The van der Waals surface area contributed by atoms with Gasteiger partial charge in [0, 0.05) is 36.7 Å². The fourth-order valence-corrected chi connectivity index (χ4v) is 3.84. The van der Waals surface area contributed by atoms with Gasteiger partial charge >= 0.3 is 6.03 Å². The van der Waals surface area contributed by atoms with Gasteiger partial charge in [0.15, 0.2) is 6.10 Å². The summed E-state index contributed by atoms with van der Waals surface area (Å²) in [7, 11) is 0. The lowest BCUT2D eigenvalue weighted by atomic mass is 10.1. The van der Waals surface area contributed by atoms with Crippen molar-refractivity contribution in [3.8, 4) is 6.07 Å². The van der Waals surface area contributed by atoms with Crippen LogP contribution in [0.25, 0.3) is 0 Å². The molecule has 4 N–H and O–H groups in total. The Morgan fingerprint density at radius 1 is 1.19 bits per heavy atom. The Morgan fingerprint density at radius 2 is 2.00 bits per heavy atom. The number of ether oxygens (including phenoxy) is 1. The Balaban J connectivity index is 1.38. The van der Waals surface area contributed by atoms with Crippen LogP contribution in [0.3, 0.4) is 0 Å². The molecule has 1 atom stereocenters. The van der Waals surface area contributed by atoms with Crippen LogP contribution in [0.4, 0.5) is 22.0 Å². The van der Waals surface area contributed by atoms with Crippen molar-refractivity contribution < 1.29 is 19.1 Å². The molecule has 194 valence electrons. The molecule has 2 aromatic rings. The molecular weight excluding hydrogens is 474 g/mol. The largest absolute Gasteiger partial charge is 0.382 e. The Bertz CT molecular complexity index is 1190. The van der Waals surface area contributed by atoms with E-state index >= 15 is 0 Å². The molecule has 2 heterocycles. The zero-order chi connectivity index (χ0) is 26.4. The SMILES string of the molecule is CC(C)Nc1ccc(NC(=O)N2CCOC(C(=O)Nc3ccc(C#N)cn3)C2)cc1C(=O)NCC1CC1. The second-order valence-electron chi connectivity index (χ2n) is 9.48. The molecule has 0 bridgehead atoms. The van der Waals surface area contributed by atoms with Gasteiger partial charge in [-0.15, -0.1) is 0 Å². The van der Waals surface area contributed by atoms with E-state index in [2.05, 4.69) is 26.3 Å². The average Bonchev–Trinajstić information content (AvgIpc) is 3.73. The minimum Gasteiger partial charge on any atom is -0.382 e. The number of aromatic nitrogens is 1. The molecule has 4 amide bonds. The number of hydrogen-bond donors (Lipinski definition) is 4. The van der Waals surface area contributed by atoms with Crippen LogP contribution in [0.5, 0.6) is 0 Å². The fourth-order valence-electron chi connectivity index (χ4n) is 3.84. The Labute approximate surface area is 215 Å². The van der Waals surface area contributed by atoms with Crippen LogP contribution >= 0.6 is 0 Å². The van der Waals surface area contributed by atoms with E-state index in [-0.39, 0.29) is 30.9 Å². The summed E-state index contributed by atoms with van der Waals surface area (Å²) in [5.74, 6) is 0.211. The molecule has 1 saturated heterocycles. The number of urea groups is 1. The van der Waals surface area contributed by atoms with Crippen molar-refractivity contribution >= 4 is 35.0 Å². The monoisotopic (exact) mass is 505 g/mol. The van der Waals surface area contributed by atoms with Crippen molar-refractivity contribution in [1.82, 2.24) is 15.2 Å². The summed E-state index contributed by atoms with van der Waals surface area (Å²) in [6.45, 7) is 5.18. The second-order valence-corrected chi connectivity index (χ2v) is 9.48. The minimum atomic E-state index is -0.877. The van der Waals surface area contributed by atoms with E-state index in [1.54, 1.807) is 24.3 Å². The first-order chi connectivity index (χ1) is 17.8. The minimum absolute atomic E-state index is 0.0513. The molecule has 1 aliphatic carbocycles. The van der Waals surface area contributed by atoms with Crippen molar-refractivity contribution in [2.45, 2.75) is 38.8 Å². The molecule has 0 spiro atoms. The van der Waals surface area contributed by atoms with Gasteiger partial charge in [-0.05, 0) is 62.9 Å². The first-order valence-corrected chi connectivity index (χ1v) is 12.4. The summed E-state index contributed by atoms with van der Waals surface area (Å²) in [6, 6.07) is 9.95. The predicted octanol–water partition coefficient (Wildman–Crippen LogP) is 2.78. The molecule has 11 nitrogen and oxygen atoms in total. The standard InChI is InChI=1S/C26H31N7O4/c1-16(2)30-21-7-6-19(11-20(21)24(34)29-13-17-3-4-17)31-26(36)33-9-10-37-22(15-33)25(35)32-23-8-5-18(12-27)14-28-23/h5-8,11,14,16-17,22,30H,3-4,9-10,13,15H2,1-2H3,(H,29,34)(H,31,36)(H,28,32,35). The first-order valence-electron chi connectivity index (χ1n) is 12.4. The van der Waals surface area contributed by atoms with Crippen LogP contribution in [0.1, 0.15) is 42.6 Å². The Hall–Kier alpha value is -4.17. The van der Waals surface area contributed by atoms with Gasteiger partial charge in [0.05, 0.1) is 24.3 Å². The summed E-state index contributed by atoms with van der Waals surface area (Å²) in [4.78, 5) is 44.0. The highest BCUT2D eigenvalue weighted by Gasteiger charge is 2.30. The van der Waals surface area contributed by atoms with Gasteiger partial charge in [0.1, 0.15) is 11.9 Å². The molecule has 1 saturated carbocycles. The van der Waals surface area contributed by atoms with Crippen LogP contribution in [0.15, 0.2) is 36.5 Å². The van der Waals surface area contributed by atoms with Gasteiger partial charge in [-0.25, -0.2) is 9.78 Å². The summed E-state index contributed by atoms with van der Waals surface area (Å²) in [5.41, 5.74) is 2.01. The third-order valence-corrected chi connectivity index (χ3v) is 6.00. The highest BCUT2D eigenvalue weighted by atomic mass is 16.5. The molecule has 1 aliphatic heterocycles. The fraction of sp³-hybridized carbons (Fsp3) is 0.423. The van der Waals surface area contributed by atoms with E-state index in [1.165, 1.54) is 17.2 Å². The maximum atomic E-state index is 13.0. The topological polar surface area (TPSA) is 148 Å². The van der Waals surface area contributed by atoms with Crippen molar-refractivity contribution in [2.24, 2.45) is 5.92 Å². The van der Waals surface area contributed by atoms with E-state index in [0.29, 0.717) is 41.5 Å². The molecule has 2 aliphatic rings. The molecule has 4 rings (SSSR count). The van der Waals surface area contributed by atoms with E-state index in [0.717, 1.165) is 12.8 Å². The lowest BCUT2D eigenvalue weighted by Gasteiger charge is -2.32. The van der Waals surface area contributed by atoms with Crippen LogP contribution in [0.2, 0.25) is 0 Å². The third-order valence-electron chi connectivity index (χ3n) is 6.00. The second kappa shape index (κ2) is 11.7. The zero-order valence-corrected chi connectivity index (χ0v) is 20.9. The first kappa shape index (κ1) is 25.9. The Kier molecular flexibility index (Phi) is 8.20. The van der Waals surface area contributed by atoms with Crippen molar-refractivity contribution in [1.29, 1.82) is 5.26 Å². The van der Waals surface area contributed by atoms with Crippen molar-refractivity contribution in [3.05, 3.63) is 47.7 Å². The lowest BCUT2D eigenvalue weighted by Crippen LogP contribution is -2.51. The molecule has 0 radical (unpaired) electrons. The van der Waals surface area contributed by atoms with Crippen molar-refractivity contribution in [3.63, 3.8) is 0 Å². The lowest BCUT2D eigenvalue weighted by molar-refractivity contribution is -0.131. The number of pyridine rings is 1. The number of carbonyl (C=O) groups excluding carboxylic acids is 3. The van der Waals surface area contributed by atoms with Gasteiger partial charge in [-0.2, -0.15) is 5.26 Å². The van der Waals surface area contributed by atoms with Gasteiger partial charge in [-0.3, -0.25) is 9.59 Å². The van der Waals surface area contributed by atoms with Gasteiger partial charge in [-0.1, -0.05) is 0 Å². The molecule has 2 fully saturated rings. The summed E-state index contributed by atoms with van der Waals surface area (Å²) in [5, 5.41) is 20.6. The molecular formula is C26H31N7O4.